The van der Waals surface area contributed by atoms with Gasteiger partial charge in [0.05, 0.1) is 39.6 Å². The van der Waals surface area contributed by atoms with Crippen LogP contribution < -0.4 is 0 Å². The summed E-state index contributed by atoms with van der Waals surface area (Å²) in [6.07, 6.45) is 1.73. The Bertz CT molecular complexity index is 198. The molecule has 0 rings (SSSR count). The fourth-order valence-electron chi connectivity index (χ4n) is 1.04. The van der Waals surface area contributed by atoms with E-state index in [0.29, 0.717) is 46.2 Å². The number of hydrogen-bond donors (Lipinski definition) is 1. The minimum Gasteiger partial charge on any atom is -0.394 e. The molecule has 0 saturated carbocycles. The number of hydrogen-bond acceptors (Lipinski definition) is 5. The maximum absolute atomic E-state index is 8.43. The lowest BCUT2D eigenvalue weighted by Crippen LogP contribution is -2.11. The van der Waals surface area contributed by atoms with Crippen molar-refractivity contribution in [3.8, 4) is 0 Å². The molecule has 0 amide bonds. The molecule has 0 aromatic carbocycles. The van der Waals surface area contributed by atoms with Gasteiger partial charge in [0.2, 0.25) is 0 Å². The predicted molar refractivity (Wildman–Crippen MR) is 62.8 cm³/mol. The van der Waals surface area contributed by atoms with Gasteiger partial charge in [-0.1, -0.05) is 5.11 Å². The second-order valence-electron chi connectivity index (χ2n) is 3.22. The number of ether oxygens (including phenoxy) is 3. The first-order valence-corrected chi connectivity index (χ1v) is 5.76. The van der Waals surface area contributed by atoms with Gasteiger partial charge in [0, 0.05) is 18.1 Å². The van der Waals surface area contributed by atoms with E-state index >= 15 is 0 Å². The van der Waals surface area contributed by atoms with Gasteiger partial charge < -0.3 is 19.3 Å². The van der Waals surface area contributed by atoms with E-state index in [0.717, 1.165) is 12.8 Å². The molecule has 0 unspecified atom stereocenters. The average molecular weight is 247 g/mol. The SMILES string of the molecule is [N-]=[N+]=NCCCCOCCOCCOCCO. The lowest BCUT2D eigenvalue weighted by atomic mass is 10.3. The predicted octanol–water partition coefficient (Wildman–Crippen LogP) is 1.12. The standard InChI is InChI=1S/C10H21N3O4/c11-13-12-3-1-2-5-15-7-9-17-10-8-16-6-4-14/h14H,1-10H2. The molecule has 7 nitrogen and oxygen atoms in total. The van der Waals surface area contributed by atoms with Crippen LogP contribution in [0.4, 0.5) is 0 Å². The Labute approximate surface area is 101 Å². The van der Waals surface area contributed by atoms with Gasteiger partial charge in [-0.05, 0) is 18.4 Å². The molecule has 0 atom stereocenters. The third-order valence-corrected chi connectivity index (χ3v) is 1.84. The zero-order chi connectivity index (χ0) is 12.6. The van der Waals surface area contributed by atoms with Crippen molar-refractivity contribution in [2.24, 2.45) is 5.11 Å². The normalized spacial score (nSPS) is 10.2. The number of aliphatic hydroxyl groups excluding tert-OH is 1. The molecular weight excluding hydrogens is 226 g/mol. The highest BCUT2D eigenvalue weighted by molar-refractivity contribution is 4.47. The number of unbranched alkanes of at least 4 members (excludes halogenated alkanes) is 1. The number of azide groups is 1. The van der Waals surface area contributed by atoms with Gasteiger partial charge in [0.15, 0.2) is 0 Å². The van der Waals surface area contributed by atoms with Crippen molar-refractivity contribution >= 4 is 0 Å². The lowest BCUT2D eigenvalue weighted by Gasteiger charge is -2.05. The molecular formula is C10H21N3O4. The first-order valence-electron chi connectivity index (χ1n) is 5.76. The molecule has 0 aliphatic heterocycles. The average Bonchev–Trinajstić information content (AvgIpc) is 2.35. The molecule has 0 aliphatic rings. The second kappa shape index (κ2) is 15.1. The van der Waals surface area contributed by atoms with Crippen LogP contribution in [0.5, 0.6) is 0 Å². The Morgan fingerprint density at radius 2 is 1.47 bits per heavy atom. The summed E-state index contributed by atoms with van der Waals surface area (Å²) in [5.74, 6) is 0. The fraction of sp³-hybridized carbons (Fsp3) is 1.00. The largest absolute Gasteiger partial charge is 0.394 e. The van der Waals surface area contributed by atoms with E-state index < -0.39 is 0 Å². The molecule has 0 bridgehead atoms. The molecule has 17 heavy (non-hydrogen) atoms. The van der Waals surface area contributed by atoms with E-state index in [9.17, 15) is 0 Å². The lowest BCUT2D eigenvalue weighted by molar-refractivity contribution is 0.00730. The number of rotatable bonds is 13. The van der Waals surface area contributed by atoms with E-state index in [1.54, 1.807) is 0 Å². The van der Waals surface area contributed by atoms with Crippen molar-refractivity contribution in [2.75, 3.05) is 52.8 Å². The minimum absolute atomic E-state index is 0.0406. The van der Waals surface area contributed by atoms with Gasteiger partial charge in [0.1, 0.15) is 0 Å². The molecule has 0 saturated heterocycles. The molecule has 0 spiro atoms. The smallest absolute Gasteiger partial charge is 0.0701 e. The molecule has 0 aromatic heterocycles. The molecule has 0 heterocycles. The summed E-state index contributed by atoms with van der Waals surface area (Å²) < 4.78 is 15.5. The minimum atomic E-state index is 0.0406. The molecule has 0 radical (unpaired) electrons. The van der Waals surface area contributed by atoms with Crippen LogP contribution in [0.25, 0.3) is 10.4 Å². The quantitative estimate of drug-likeness (QED) is 0.228. The van der Waals surface area contributed by atoms with Crippen LogP contribution in [-0.4, -0.2) is 57.9 Å². The van der Waals surface area contributed by atoms with E-state index in [4.69, 9.17) is 24.8 Å². The molecule has 1 N–H and O–H groups in total. The topological polar surface area (TPSA) is 96.7 Å². The maximum Gasteiger partial charge on any atom is 0.0701 e. The van der Waals surface area contributed by atoms with E-state index in [1.807, 2.05) is 0 Å². The summed E-state index contributed by atoms with van der Waals surface area (Å²) >= 11 is 0. The summed E-state index contributed by atoms with van der Waals surface area (Å²) in [4.78, 5) is 2.66. The third kappa shape index (κ3) is 15.1. The van der Waals surface area contributed by atoms with Crippen LogP contribution in [0.15, 0.2) is 5.11 Å². The van der Waals surface area contributed by atoms with Crippen molar-refractivity contribution < 1.29 is 19.3 Å². The summed E-state index contributed by atoms with van der Waals surface area (Å²) in [6.45, 7) is 3.68. The molecule has 0 fully saturated rings. The summed E-state index contributed by atoms with van der Waals surface area (Å²) in [5, 5.41) is 11.9. The van der Waals surface area contributed by atoms with Crippen molar-refractivity contribution in [1.82, 2.24) is 0 Å². The Balaban J connectivity index is 2.91. The van der Waals surface area contributed by atoms with Gasteiger partial charge in [-0.3, -0.25) is 0 Å². The van der Waals surface area contributed by atoms with Crippen LogP contribution in [0.2, 0.25) is 0 Å². The van der Waals surface area contributed by atoms with E-state index in [-0.39, 0.29) is 6.61 Å². The van der Waals surface area contributed by atoms with Crippen LogP contribution in [0, 0.1) is 0 Å². The zero-order valence-corrected chi connectivity index (χ0v) is 10.1. The molecule has 0 aliphatic carbocycles. The number of nitrogens with zero attached hydrogens (tertiary/aromatic N) is 3. The Hall–Kier alpha value is -0.850. The van der Waals surface area contributed by atoms with Crippen molar-refractivity contribution in [3.63, 3.8) is 0 Å². The Morgan fingerprint density at radius 3 is 2.06 bits per heavy atom. The summed E-state index contributed by atoms with van der Waals surface area (Å²) in [6, 6.07) is 0. The van der Waals surface area contributed by atoms with Crippen molar-refractivity contribution in [2.45, 2.75) is 12.8 Å². The Kier molecular flexibility index (Phi) is 14.4. The van der Waals surface area contributed by atoms with Crippen LogP contribution in [0.1, 0.15) is 12.8 Å². The van der Waals surface area contributed by atoms with Crippen LogP contribution in [-0.2, 0) is 14.2 Å². The van der Waals surface area contributed by atoms with Gasteiger partial charge in [0.25, 0.3) is 0 Å². The van der Waals surface area contributed by atoms with E-state index in [1.165, 1.54) is 0 Å². The first-order chi connectivity index (χ1) is 8.41. The van der Waals surface area contributed by atoms with Gasteiger partial charge in [-0.2, -0.15) is 0 Å². The molecule has 0 aromatic rings. The summed E-state index contributed by atoms with van der Waals surface area (Å²) in [5.41, 5.74) is 8.03. The highest BCUT2D eigenvalue weighted by Crippen LogP contribution is 1.91. The second-order valence-corrected chi connectivity index (χ2v) is 3.22. The maximum atomic E-state index is 8.43. The molecule has 100 valence electrons. The van der Waals surface area contributed by atoms with Crippen LogP contribution in [0.3, 0.4) is 0 Å². The van der Waals surface area contributed by atoms with Gasteiger partial charge in [-0.25, -0.2) is 0 Å². The third-order valence-electron chi connectivity index (χ3n) is 1.84. The number of aliphatic hydroxyl groups is 1. The van der Waals surface area contributed by atoms with Gasteiger partial charge in [-0.15, -0.1) is 0 Å². The monoisotopic (exact) mass is 247 g/mol. The van der Waals surface area contributed by atoms with Crippen molar-refractivity contribution in [3.05, 3.63) is 10.4 Å². The highest BCUT2D eigenvalue weighted by atomic mass is 16.5. The van der Waals surface area contributed by atoms with Crippen molar-refractivity contribution in [1.29, 1.82) is 0 Å². The Morgan fingerprint density at radius 1 is 0.882 bits per heavy atom. The first kappa shape index (κ1) is 16.1. The molecule has 7 heteroatoms. The fourth-order valence-corrected chi connectivity index (χ4v) is 1.04. The van der Waals surface area contributed by atoms with Gasteiger partial charge >= 0.3 is 0 Å². The highest BCUT2D eigenvalue weighted by Gasteiger charge is 1.91. The zero-order valence-electron chi connectivity index (χ0n) is 10.1. The summed E-state index contributed by atoms with van der Waals surface area (Å²) in [7, 11) is 0. The van der Waals surface area contributed by atoms with Crippen LogP contribution >= 0.6 is 0 Å². The van der Waals surface area contributed by atoms with E-state index in [2.05, 4.69) is 10.0 Å².